The zero-order valence-corrected chi connectivity index (χ0v) is 39.4. The third kappa shape index (κ3) is 20.4. The van der Waals surface area contributed by atoms with E-state index in [2.05, 4.69) is 32.6 Å². The van der Waals surface area contributed by atoms with Crippen molar-refractivity contribution < 1.29 is 96.5 Å². The Bertz CT molecular complexity index is 1490. The molecule has 2 aromatic rings. The second-order valence-electron chi connectivity index (χ2n) is 10.3. The number of thiocarbonyl (C=S) groups is 2. The summed E-state index contributed by atoms with van der Waals surface area (Å²) in [6, 6.07) is 12.6. The standard InChI is InChI=1S/2C18H26N4O2S.2ClH.2Pt/c2*1-5-21(6-2)13-19-16(23)14-10-9-11-15(12-14)17(24)20-18(25)22(7-3)8-4;;;;/h2*9-12H,5-8H2,1-4H3,(H,19,23)(H,20,24,25);2*1H;;/p-6. The summed E-state index contributed by atoms with van der Waals surface area (Å²) < 4.78 is 3.56. The van der Waals surface area contributed by atoms with Crippen LogP contribution in [-0.4, -0.2) is 118 Å². The Hall–Kier alpha value is -2.60. The number of aliphatic imine (C=N–C) groups is 4. The summed E-state index contributed by atoms with van der Waals surface area (Å²) in [7, 11) is 0. The molecule has 0 radical (unpaired) electrons. The zero-order chi connectivity index (χ0) is 37.6. The molecule has 0 saturated heterocycles. The summed E-state index contributed by atoms with van der Waals surface area (Å²) in [4.78, 5) is 19.1. The molecule has 0 unspecified atom stereocenters. The third-order valence-corrected chi connectivity index (χ3v) is 7.99. The van der Waals surface area contributed by atoms with Crippen LogP contribution in [0.25, 0.3) is 0 Å². The van der Waals surface area contributed by atoms with E-state index in [1.807, 2.05) is 65.2 Å². The van der Waals surface area contributed by atoms with Crippen LogP contribution in [0.15, 0.2) is 68.5 Å². The first kappa shape index (κ1) is 58.1. The molecule has 0 aliphatic heterocycles. The van der Waals surface area contributed by atoms with Gasteiger partial charge in [0, 0.05) is 68.3 Å². The normalized spacial score (nSPS) is 11.1. The van der Waals surface area contributed by atoms with Gasteiger partial charge >= 0.3 is 0 Å². The van der Waals surface area contributed by atoms with Crippen LogP contribution < -0.4 is 45.2 Å². The minimum atomic E-state index is -0.469. The molecule has 12 nitrogen and oxygen atoms in total. The van der Waals surface area contributed by atoms with Crippen molar-refractivity contribution in [3.05, 3.63) is 70.8 Å². The van der Waals surface area contributed by atoms with Gasteiger partial charge in [-0.2, -0.15) is 0 Å². The third-order valence-electron chi connectivity index (χ3n) is 7.29. The Balaban J connectivity index is -0.000000431. The largest absolute Gasteiger partial charge is 1.00 e. The van der Waals surface area contributed by atoms with Gasteiger partial charge in [0.1, 0.15) is 0 Å². The molecule has 0 aliphatic rings. The van der Waals surface area contributed by atoms with Crippen LogP contribution >= 0.6 is 24.4 Å². The molecule has 0 fully saturated rings. The molecule has 0 bridgehead atoms. The van der Waals surface area contributed by atoms with Crippen LogP contribution in [0.5, 0.6) is 0 Å². The second kappa shape index (κ2) is 32.6. The zero-order valence-electron chi connectivity index (χ0n) is 31.7. The average molecular weight is 1180 g/mol. The predicted molar refractivity (Wildman–Crippen MR) is 203 cm³/mol. The van der Waals surface area contributed by atoms with E-state index in [9.17, 15) is 20.4 Å². The van der Waals surface area contributed by atoms with Crippen molar-refractivity contribution in [3.8, 4) is 0 Å². The Labute approximate surface area is 373 Å². The molecule has 0 N–H and O–H groups in total. The molecule has 0 heterocycles. The van der Waals surface area contributed by atoms with E-state index in [1.165, 1.54) is 12.1 Å². The van der Waals surface area contributed by atoms with Crippen LogP contribution in [-0.2, 0) is 42.1 Å². The molecular weight excluding hydrogens is 1130 g/mol. The van der Waals surface area contributed by atoms with E-state index < -0.39 is 23.6 Å². The van der Waals surface area contributed by atoms with E-state index in [1.54, 1.807) is 45.5 Å². The monoisotopic (exact) mass is 1180 g/mol. The first-order chi connectivity index (χ1) is 23.9. The van der Waals surface area contributed by atoms with E-state index in [-0.39, 0.29) is 77.2 Å². The predicted octanol–water partition coefficient (Wildman–Crippen LogP) is -5.03. The molecular formula is C36H48Cl2N8O4Pt2S2-6. The smallest absolute Gasteiger partial charge is 0.194 e. The Kier molecular flexibility index (Phi) is 35.1. The molecule has 2 aromatic carbocycles. The minimum absolute atomic E-state index is 0. The molecule has 54 heavy (non-hydrogen) atoms. The SMILES string of the molecule is CCN(CC)C(=S)/N=C(\[O-])c1cccc(C([O-])=N[C-]=[N+](CC)CC)c1.CCN(CC)C(=S)/N=C(\[O-])c1cccc(C([O-])=N[C-]=[N+](CC)CC)c1.[Cl-].[Cl-].[Pt].[Pt]. The van der Waals surface area contributed by atoms with Crippen molar-refractivity contribution in [2.45, 2.75) is 55.4 Å². The van der Waals surface area contributed by atoms with Gasteiger partial charge in [-0.25, -0.2) is 9.98 Å². The Morgan fingerprint density at radius 1 is 0.537 bits per heavy atom. The maximum Gasteiger partial charge on any atom is 0.194 e. The topological polar surface area (TPSA) is 154 Å². The van der Waals surface area contributed by atoms with Crippen molar-refractivity contribution in [2.24, 2.45) is 20.0 Å². The number of nitrogens with zero attached hydrogens (tertiary/aromatic N) is 8. The fourth-order valence-corrected chi connectivity index (χ4v) is 4.78. The van der Waals surface area contributed by atoms with E-state index in [4.69, 9.17) is 24.4 Å². The summed E-state index contributed by atoms with van der Waals surface area (Å²) in [5.41, 5.74) is 1.24. The molecule has 0 atom stereocenters. The summed E-state index contributed by atoms with van der Waals surface area (Å²) in [5, 5.41) is 49.4. The first-order valence-electron chi connectivity index (χ1n) is 16.7. The van der Waals surface area contributed by atoms with Crippen molar-refractivity contribution in [3.63, 3.8) is 0 Å². The Morgan fingerprint density at radius 2 is 0.796 bits per heavy atom. The minimum Gasteiger partial charge on any atom is -1.00 e. The number of benzene rings is 2. The summed E-state index contributed by atoms with van der Waals surface area (Å²) in [5.74, 6) is -1.84. The van der Waals surface area contributed by atoms with E-state index in [0.29, 0.717) is 74.6 Å². The summed E-state index contributed by atoms with van der Waals surface area (Å²) in [6.07, 6.45) is 5.40. The van der Waals surface area contributed by atoms with E-state index >= 15 is 0 Å². The number of hydrogen-bond donors (Lipinski definition) is 0. The van der Waals surface area contributed by atoms with Crippen LogP contribution in [0.1, 0.15) is 77.6 Å². The van der Waals surface area contributed by atoms with Gasteiger partial charge in [0.25, 0.3) is 0 Å². The quantitative estimate of drug-likeness (QED) is 0.0600. The molecule has 0 spiro atoms. The molecule has 0 aliphatic carbocycles. The molecule has 2 rings (SSSR count). The summed E-state index contributed by atoms with van der Waals surface area (Å²) in [6.45, 7) is 21.2. The van der Waals surface area contributed by atoms with Crippen LogP contribution in [0, 0.1) is 0 Å². The summed E-state index contributed by atoms with van der Waals surface area (Å²) >= 11 is 10.3. The number of rotatable bonds is 14. The van der Waals surface area contributed by atoms with Gasteiger partial charge < -0.3 is 64.2 Å². The number of hydrogen-bond acceptors (Lipinski definition) is 6. The van der Waals surface area contributed by atoms with E-state index in [0.717, 1.165) is 0 Å². The van der Waals surface area contributed by atoms with Gasteiger partial charge in [-0.15, -0.1) is 0 Å². The van der Waals surface area contributed by atoms with Gasteiger partial charge in [-0.05, 0) is 103 Å². The maximum atomic E-state index is 12.3. The second-order valence-corrected chi connectivity index (χ2v) is 11.0. The first-order valence-corrected chi connectivity index (χ1v) is 17.6. The van der Waals surface area contributed by atoms with Gasteiger partial charge in [-0.3, -0.25) is 9.98 Å². The van der Waals surface area contributed by atoms with Gasteiger partial charge in [0.2, 0.25) is 0 Å². The van der Waals surface area contributed by atoms with Gasteiger partial charge in [-0.1, -0.05) is 71.5 Å². The maximum absolute atomic E-state index is 12.3. The molecule has 308 valence electrons. The Morgan fingerprint density at radius 3 is 1.04 bits per heavy atom. The fourth-order valence-electron chi connectivity index (χ4n) is 4.09. The number of halogens is 2. The molecule has 0 saturated carbocycles. The van der Waals surface area contributed by atoms with Crippen LogP contribution in [0.4, 0.5) is 0 Å². The van der Waals surface area contributed by atoms with Gasteiger partial charge in [0.05, 0.1) is 26.2 Å². The van der Waals surface area contributed by atoms with Crippen LogP contribution in [0.3, 0.4) is 0 Å². The molecule has 18 heteroatoms. The van der Waals surface area contributed by atoms with Crippen LogP contribution in [0.2, 0.25) is 0 Å². The van der Waals surface area contributed by atoms with Gasteiger partial charge in [0.15, 0.2) is 22.9 Å². The molecule has 0 aromatic heterocycles. The fraction of sp³-hybridized carbons (Fsp3) is 0.444. The van der Waals surface area contributed by atoms with Crippen molar-refractivity contribution in [1.82, 2.24) is 9.80 Å². The van der Waals surface area contributed by atoms with Crippen molar-refractivity contribution in [1.29, 1.82) is 0 Å². The average Bonchev–Trinajstić information content (AvgIpc) is 3.13. The molecule has 0 amide bonds. The van der Waals surface area contributed by atoms with Crippen molar-refractivity contribution >= 4 is 70.9 Å². The van der Waals surface area contributed by atoms with Crippen molar-refractivity contribution in [2.75, 3.05) is 52.4 Å².